The number of hydrogen-bond acceptors (Lipinski definition) is 3. The van der Waals surface area contributed by atoms with E-state index < -0.39 is 5.97 Å². The van der Waals surface area contributed by atoms with Crippen LogP contribution >= 0.6 is 11.6 Å². The Morgan fingerprint density at radius 3 is 2.33 bits per heavy atom. The summed E-state index contributed by atoms with van der Waals surface area (Å²) in [4.78, 5) is 26.7. The van der Waals surface area contributed by atoms with E-state index >= 15 is 0 Å². The van der Waals surface area contributed by atoms with Crippen LogP contribution in [0.3, 0.4) is 0 Å². The summed E-state index contributed by atoms with van der Waals surface area (Å²) in [5.41, 5.74) is 3.90. The lowest BCUT2D eigenvalue weighted by Crippen LogP contribution is -2.34. The molecule has 1 amide bonds. The van der Waals surface area contributed by atoms with E-state index in [2.05, 4.69) is 22.3 Å². The van der Waals surface area contributed by atoms with Gasteiger partial charge in [-0.3, -0.25) is 4.79 Å². The fourth-order valence-corrected chi connectivity index (χ4v) is 4.60. The van der Waals surface area contributed by atoms with E-state index in [-0.39, 0.29) is 29.0 Å². The van der Waals surface area contributed by atoms with Crippen LogP contribution in [0.5, 0.6) is 0 Å². The van der Waals surface area contributed by atoms with Gasteiger partial charge in [0.05, 0.1) is 18.0 Å². The van der Waals surface area contributed by atoms with Gasteiger partial charge in [-0.25, -0.2) is 4.79 Å². The Balaban J connectivity index is 1.62. The van der Waals surface area contributed by atoms with Gasteiger partial charge in [0.1, 0.15) is 0 Å². The number of anilines is 1. The quantitative estimate of drug-likeness (QED) is 0.488. The van der Waals surface area contributed by atoms with Gasteiger partial charge in [-0.05, 0) is 48.6 Å². The standard InChI is InChI=1S/C27H27ClN2O3/c28-23-17-21(27(32)33)14-13-20(23)18-25(31)29-26(19-9-3-1-4-10-19)22-11-5-6-12-24(22)30-15-7-2-8-16-30/h1,3-6,9-14,17,26H,2,7-8,15-16,18H2,(H,29,31)(H,32,33). The summed E-state index contributed by atoms with van der Waals surface area (Å²) in [6.45, 7) is 2.02. The van der Waals surface area contributed by atoms with Crippen LogP contribution in [0, 0.1) is 0 Å². The first-order valence-electron chi connectivity index (χ1n) is 11.2. The number of hydrogen-bond donors (Lipinski definition) is 2. The lowest BCUT2D eigenvalue weighted by molar-refractivity contribution is -0.120. The summed E-state index contributed by atoms with van der Waals surface area (Å²) < 4.78 is 0. The third-order valence-corrected chi connectivity index (χ3v) is 6.39. The van der Waals surface area contributed by atoms with Crippen LogP contribution in [-0.2, 0) is 11.2 Å². The van der Waals surface area contributed by atoms with Crippen molar-refractivity contribution >= 4 is 29.2 Å². The first kappa shape index (κ1) is 22.9. The van der Waals surface area contributed by atoms with E-state index in [9.17, 15) is 9.59 Å². The van der Waals surface area contributed by atoms with E-state index in [1.807, 2.05) is 42.5 Å². The van der Waals surface area contributed by atoms with Gasteiger partial charge in [0.2, 0.25) is 5.91 Å². The number of amides is 1. The van der Waals surface area contributed by atoms with Crippen molar-refractivity contribution in [3.05, 3.63) is 100 Å². The molecule has 3 aromatic rings. The molecule has 1 aliphatic heterocycles. The van der Waals surface area contributed by atoms with Crippen molar-refractivity contribution < 1.29 is 14.7 Å². The van der Waals surface area contributed by atoms with Gasteiger partial charge in [-0.1, -0.05) is 66.2 Å². The summed E-state index contributed by atoms with van der Waals surface area (Å²) in [6, 6.07) is 22.3. The first-order chi connectivity index (χ1) is 16.0. The molecule has 1 heterocycles. The second-order valence-corrected chi connectivity index (χ2v) is 8.71. The lowest BCUT2D eigenvalue weighted by Gasteiger charge is -2.33. The van der Waals surface area contributed by atoms with Crippen molar-refractivity contribution in [3.63, 3.8) is 0 Å². The topological polar surface area (TPSA) is 69.6 Å². The molecule has 0 aromatic heterocycles. The molecule has 1 unspecified atom stereocenters. The number of halogens is 1. The molecule has 0 bridgehead atoms. The normalized spacial score (nSPS) is 14.5. The van der Waals surface area contributed by atoms with Gasteiger partial charge in [-0.15, -0.1) is 0 Å². The van der Waals surface area contributed by atoms with Crippen molar-refractivity contribution in [2.24, 2.45) is 0 Å². The van der Waals surface area contributed by atoms with Crippen LogP contribution in [0.15, 0.2) is 72.8 Å². The summed E-state index contributed by atoms with van der Waals surface area (Å²) in [5.74, 6) is -1.23. The SMILES string of the molecule is O=C(Cc1ccc(C(=O)O)cc1Cl)NC(c1ccccc1)c1ccccc1N1CCCCC1. The van der Waals surface area contributed by atoms with Crippen molar-refractivity contribution in [1.82, 2.24) is 5.32 Å². The van der Waals surface area contributed by atoms with Crippen LogP contribution in [0.25, 0.3) is 0 Å². The Morgan fingerprint density at radius 2 is 1.64 bits per heavy atom. The molecule has 0 spiro atoms. The summed E-state index contributed by atoms with van der Waals surface area (Å²) in [5, 5.41) is 12.6. The molecule has 33 heavy (non-hydrogen) atoms. The zero-order valence-electron chi connectivity index (χ0n) is 18.3. The second kappa shape index (κ2) is 10.5. The maximum absolute atomic E-state index is 13.1. The Bertz CT molecular complexity index is 1130. The Hall–Kier alpha value is -3.31. The number of aromatic carboxylic acids is 1. The van der Waals surface area contributed by atoms with Crippen molar-refractivity contribution in [2.45, 2.75) is 31.7 Å². The number of para-hydroxylation sites is 1. The molecular formula is C27H27ClN2O3. The third kappa shape index (κ3) is 5.55. The predicted molar refractivity (Wildman–Crippen MR) is 131 cm³/mol. The molecule has 170 valence electrons. The van der Waals surface area contributed by atoms with Crippen molar-refractivity contribution in [1.29, 1.82) is 0 Å². The molecule has 1 aliphatic rings. The van der Waals surface area contributed by atoms with Crippen LogP contribution < -0.4 is 10.2 Å². The highest BCUT2D eigenvalue weighted by molar-refractivity contribution is 6.31. The van der Waals surface area contributed by atoms with Gasteiger partial charge in [0.15, 0.2) is 0 Å². The number of carbonyl (C=O) groups is 2. The van der Waals surface area contributed by atoms with E-state index in [0.717, 1.165) is 29.9 Å². The molecule has 3 aromatic carbocycles. The molecular weight excluding hydrogens is 436 g/mol. The Morgan fingerprint density at radius 1 is 0.939 bits per heavy atom. The van der Waals surface area contributed by atoms with E-state index in [4.69, 9.17) is 16.7 Å². The van der Waals surface area contributed by atoms with Crippen LogP contribution in [0.2, 0.25) is 5.02 Å². The minimum Gasteiger partial charge on any atom is -0.478 e. The van der Waals surface area contributed by atoms with Crippen LogP contribution in [-0.4, -0.2) is 30.1 Å². The molecule has 0 aliphatic carbocycles. The van der Waals surface area contributed by atoms with Gasteiger partial charge >= 0.3 is 5.97 Å². The van der Waals surface area contributed by atoms with Gasteiger partial charge < -0.3 is 15.3 Å². The fourth-order valence-electron chi connectivity index (χ4n) is 4.35. The lowest BCUT2D eigenvalue weighted by atomic mass is 9.95. The highest BCUT2D eigenvalue weighted by atomic mass is 35.5. The smallest absolute Gasteiger partial charge is 0.335 e. The molecule has 0 saturated carbocycles. The minimum absolute atomic E-state index is 0.0634. The predicted octanol–water partition coefficient (Wildman–Crippen LogP) is 5.48. The number of benzene rings is 3. The van der Waals surface area contributed by atoms with Gasteiger partial charge in [0.25, 0.3) is 0 Å². The zero-order valence-corrected chi connectivity index (χ0v) is 19.1. The highest BCUT2D eigenvalue weighted by Crippen LogP contribution is 2.32. The van der Waals surface area contributed by atoms with E-state index in [0.29, 0.717) is 5.56 Å². The van der Waals surface area contributed by atoms with E-state index in [1.165, 1.54) is 31.4 Å². The molecule has 1 fully saturated rings. The Kier molecular flexibility index (Phi) is 7.30. The zero-order chi connectivity index (χ0) is 23.2. The number of piperidine rings is 1. The summed E-state index contributed by atoms with van der Waals surface area (Å²) >= 11 is 6.26. The second-order valence-electron chi connectivity index (χ2n) is 8.31. The number of nitrogens with zero attached hydrogens (tertiary/aromatic N) is 1. The molecule has 4 rings (SSSR count). The monoisotopic (exact) mass is 462 g/mol. The number of rotatable bonds is 7. The van der Waals surface area contributed by atoms with Crippen LogP contribution in [0.1, 0.15) is 52.4 Å². The van der Waals surface area contributed by atoms with Crippen molar-refractivity contribution in [2.75, 3.05) is 18.0 Å². The third-order valence-electron chi connectivity index (χ3n) is 6.03. The van der Waals surface area contributed by atoms with E-state index in [1.54, 1.807) is 6.07 Å². The number of carboxylic acids is 1. The number of carboxylic acid groups (broad SMARTS) is 1. The Labute approximate surface area is 199 Å². The average molecular weight is 463 g/mol. The first-order valence-corrected chi connectivity index (χ1v) is 11.6. The largest absolute Gasteiger partial charge is 0.478 e. The molecule has 6 heteroatoms. The fraction of sp³-hybridized carbons (Fsp3) is 0.259. The highest BCUT2D eigenvalue weighted by Gasteiger charge is 2.23. The average Bonchev–Trinajstić information content (AvgIpc) is 2.85. The molecule has 5 nitrogen and oxygen atoms in total. The van der Waals surface area contributed by atoms with Gasteiger partial charge in [0, 0.05) is 29.4 Å². The maximum atomic E-state index is 13.1. The molecule has 1 atom stereocenters. The van der Waals surface area contributed by atoms with Crippen molar-refractivity contribution in [3.8, 4) is 0 Å². The number of carbonyl (C=O) groups excluding carboxylic acids is 1. The van der Waals surface area contributed by atoms with Crippen LogP contribution in [0.4, 0.5) is 5.69 Å². The molecule has 1 saturated heterocycles. The molecule has 0 radical (unpaired) electrons. The number of nitrogens with one attached hydrogen (secondary N) is 1. The molecule has 2 N–H and O–H groups in total. The maximum Gasteiger partial charge on any atom is 0.335 e. The minimum atomic E-state index is -1.05. The van der Waals surface area contributed by atoms with Gasteiger partial charge in [-0.2, -0.15) is 0 Å². The summed E-state index contributed by atoms with van der Waals surface area (Å²) in [6.07, 6.45) is 3.65. The summed E-state index contributed by atoms with van der Waals surface area (Å²) in [7, 11) is 0.